The Bertz CT molecular complexity index is 944. The summed E-state index contributed by atoms with van der Waals surface area (Å²) in [4.78, 5) is 23.7. The van der Waals surface area contributed by atoms with Gasteiger partial charge in [0.15, 0.2) is 6.79 Å². The molecule has 0 atom stereocenters. The zero-order valence-corrected chi connectivity index (χ0v) is 12.9. The molecule has 0 spiro atoms. The van der Waals surface area contributed by atoms with Crippen LogP contribution < -0.4 is 10.2 Å². The highest BCUT2D eigenvalue weighted by Gasteiger charge is 2.14. The maximum atomic E-state index is 12.3. The molecule has 24 heavy (non-hydrogen) atoms. The van der Waals surface area contributed by atoms with Gasteiger partial charge in [0.25, 0.3) is 0 Å². The second-order valence-corrected chi connectivity index (χ2v) is 5.11. The lowest BCUT2D eigenvalue weighted by atomic mass is 10.1. The van der Waals surface area contributed by atoms with Crippen LogP contribution in [0.3, 0.4) is 0 Å². The second-order valence-electron chi connectivity index (χ2n) is 5.11. The van der Waals surface area contributed by atoms with Gasteiger partial charge in [-0.05, 0) is 36.4 Å². The molecule has 0 unspecified atom stereocenters. The van der Waals surface area contributed by atoms with Crippen molar-refractivity contribution >= 4 is 16.9 Å². The number of pyridine rings is 1. The van der Waals surface area contributed by atoms with Gasteiger partial charge in [0, 0.05) is 24.4 Å². The van der Waals surface area contributed by atoms with Crippen molar-refractivity contribution in [1.82, 2.24) is 4.57 Å². The standard InChI is InChI=1S/C18H15NO5/c1-23-11-24-13-8-6-12(7-9-13)19-10-15(18(21)22)17(20)14-4-2-3-5-16(14)19/h2-10H,11H2,1H3,(H,21,22). The van der Waals surface area contributed by atoms with E-state index in [1.165, 1.54) is 13.3 Å². The van der Waals surface area contributed by atoms with E-state index in [1.54, 1.807) is 53.1 Å². The van der Waals surface area contributed by atoms with Gasteiger partial charge < -0.3 is 19.1 Å². The minimum absolute atomic E-state index is 0.142. The highest BCUT2D eigenvalue weighted by molar-refractivity contribution is 5.93. The first kappa shape index (κ1) is 15.8. The summed E-state index contributed by atoms with van der Waals surface area (Å²) < 4.78 is 11.9. The number of carboxylic acid groups (broad SMARTS) is 1. The molecule has 0 aliphatic heterocycles. The molecule has 6 heteroatoms. The monoisotopic (exact) mass is 325 g/mol. The Morgan fingerprint density at radius 3 is 2.50 bits per heavy atom. The summed E-state index contributed by atoms with van der Waals surface area (Å²) in [7, 11) is 1.54. The Hall–Kier alpha value is -3.12. The number of carbonyl (C=O) groups is 1. The van der Waals surface area contributed by atoms with Crippen molar-refractivity contribution in [2.45, 2.75) is 0 Å². The fraction of sp³-hybridized carbons (Fsp3) is 0.111. The van der Waals surface area contributed by atoms with Gasteiger partial charge in [-0.1, -0.05) is 12.1 Å². The quantitative estimate of drug-likeness (QED) is 0.730. The largest absolute Gasteiger partial charge is 0.477 e. The van der Waals surface area contributed by atoms with Crippen LogP contribution in [0.25, 0.3) is 16.6 Å². The maximum absolute atomic E-state index is 12.3. The van der Waals surface area contributed by atoms with Crippen LogP contribution in [-0.2, 0) is 4.74 Å². The number of para-hydroxylation sites is 1. The van der Waals surface area contributed by atoms with E-state index < -0.39 is 11.4 Å². The molecule has 3 rings (SSSR count). The lowest BCUT2D eigenvalue weighted by Crippen LogP contribution is -2.18. The third-order valence-corrected chi connectivity index (χ3v) is 3.60. The molecule has 0 bridgehead atoms. The fourth-order valence-corrected chi connectivity index (χ4v) is 2.47. The zero-order valence-electron chi connectivity index (χ0n) is 12.9. The first-order chi connectivity index (χ1) is 11.6. The number of benzene rings is 2. The van der Waals surface area contributed by atoms with E-state index in [9.17, 15) is 14.7 Å². The van der Waals surface area contributed by atoms with Crippen LogP contribution in [0.2, 0.25) is 0 Å². The average Bonchev–Trinajstić information content (AvgIpc) is 2.61. The number of carboxylic acids is 1. The van der Waals surface area contributed by atoms with E-state index in [2.05, 4.69) is 0 Å². The fourth-order valence-electron chi connectivity index (χ4n) is 2.47. The predicted molar refractivity (Wildman–Crippen MR) is 89.0 cm³/mol. The Morgan fingerprint density at radius 2 is 1.83 bits per heavy atom. The molecule has 0 aliphatic rings. The third-order valence-electron chi connectivity index (χ3n) is 3.60. The number of methoxy groups -OCH3 is 1. The maximum Gasteiger partial charge on any atom is 0.341 e. The number of fused-ring (bicyclic) bond motifs is 1. The van der Waals surface area contributed by atoms with Gasteiger partial charge in [-0.25, -0.2) is 4.79 Å². The smallest absolute Gasteiger partial charge is 0.341 e. The number of rotatable bonds is 5. The Kier molecular flexibility index (Phi) is 4.31. The first-order valence-corrected chi connectivity index (χ1v) is 7.21. The number of nitrogens with zero attached hydrogens (tertiary/aromatic N) is 1. The third kappa shape index (κ3) is 2.87. The zero-order chi connectivity index (χ0) is 17.1. The van der Waals surface area contributed by atoms with E-state index in [0.29, 0.717) is 16.7 Å². The van der Waals surface area contributed by atoms with Crippen molar-refractivity contribution in [2.24, 2.45) is 0 Å². The highest BCUT2D eigenvalue weighted by atomic mass is 16.7. The van der Waals surface area contributed by atoms with Crippen LogP contribution in [-0.4, -0.2) is 29.5 Å². The van der Waals surface area contributed by atoms with Gasteiger partial charge in [0.05, 0.1) is 5.52 Å². The first-order valence-electron chi connectivity index (χ1n) is 7.21. The van der Waals surface area contributed by atoms with E-state index >= 15 is 0 Å². The molecule has 122 valence electrons. The lowest BCUT2D eigenvalue weighted by Gasteiger charge is -2.13. The Morgan fingerprint density at radius 1 is 1.12 bits per heavy atom. The SMILES string of the molecule is COCOc1ccc(-n2cc(C(=O)O)c(=O)c3ccccc32)cc1. The van der Waals surface area contributed by atoms with Gasteiger partial charge in [-0.3, -0.25) is 4.79 Å². The van der Waals surface area contributed by atoms with E-state index in [-0.39, 0.29) is 12.4 Å². The molecule has 2 aromatic carbocycles. The molecule has 1 N–H and O–H groups in total. The van der Waals surface area contributed by atoms with Gasteiger partial charge in [0.1, 0.15) is 11.3 Å². The minimum atomic E-state index is -1.25. The van der Waals surface area contributed by atoms with E-state index in [4.69, 9.17) is 9.47 Å². The van der Waals surface area contributed by atoms with Crippen LogP contribution in [0.15, 0.2) is 59.5 Å². The summed E-state index contributed by atoms with van der Waals surface area (Å²) in [5.74, 6) is -0.621. The molecular formula is C18H15NO5. The number of hydrogen-bond acceptors (Lipinski definition) is 4. The summed E-state index contributed by atoms with van der Waals surface area (Å²) in [6.07, 6.45) is 1.35. The van der Waals surface area contributed by atoms with Crippen LogP contribution in [0, 0.1) is 0 Å². The summed E-state index contributed by atoms with van der Waals surface area (Å²) in [6.45, 7) is 0.142. The van der Waals surface area contributed by atoms with Crippen LogP contribution in [0.4, 0.5) is 0 Å². The number of hydrogen-bond donors (Lipinski definition) is 1. The summed E-state index contributed by atoms with van der Waals surface area (Å²) in [5.41, 5.74) is 0.597. The predicted octanol–water partition coefficient (Wildman–Crippen LogP) is 2.67. The topological polar surface area (TPSA) is 77.8 Å². The van der Waals surface area contributed by atoms with Crippen molar-refractivity contribution in [3.05, 3.63) is 70.5 Å². The molecule has 0 amide bonds. The van der Waals surface area contributed by atoms with E-state index in [1.807, 2.05) is 0 Å². The summed E-state index contributed by atoms with van der Waals surface area (Å²) in [5, 5.41) is 9.65. The van der Waals surface area contributed by atoms with Gasteiger partial charge >= 0.3 is 5.97 Å². The molecule has 0 radical (unpaired) electrons. The molecule has 1 heterocycles. The molecule has 3 aromatic rings. The molecule has 0 saturated heterocycles. The molecule has 1 aromatic heterocycles. The van der Waals surface area contributed by atoms with Gasteiger partial charge in [-0.2, -0.15) is 0 Å². The number of aromatic carboxylic acids is 1. The Labute approximate surface area is 137 Å². The summed E-state index contributed by atoms with van der Waals surface area (Å²) in [6, 6.07) is 14.0. The van der Waals surface area contributed by atoms with Crippen molar-refractivity contribution in [2.75, 3.05) is 13.9 Å². The second kappa shape index (κ2) is 6.55. The minimum Gasteiger partial charge on any atom is -0.477 e. The highest BCUT2D eigenvalue weighted by Crippen LogP contribution is 2.20. The molecule has 0 saturated carbocycles. The number of ether oxygens (including phenoxy) is 2. The van der Waals surface area contributed by atoms with Crippen LogP contribution in [0.1, 0.15) is 10.4 Å². The summed E-state index contributed by atoms with van der Waals surface area (Å²) >= 11 is 0. The molecule has 6 nitrogen and oxygen atoms in total. The van der Waals surface area contributed by atoms with Crippen LogP contribution in [0.5, 0.6) is 5.75 Å². The Balaban J connectivity index is 2.16. The molecule has 0 aliphatic carbocycles. The lowest BCUT2D eigenvalue weighted by molar-refractivity contribution is 0.0511. The average molecular weight is 325 g/mol. The molecular weight excluding hydrogens is 310 g/mol. The van der Waals surface area contributed by atoms with Gasteiger partial charge in [0.2, 0.25) is 5.43 Å². The van der Waals surface area contributed by atoms with Gasteiger partial charge in [-0.15, -0.1) is 0 Å². The van der Waals surface area contributed by atoms with Crippen molar-refractivity contribution in [3.8, 4) is 11.4 Å². The van der Waals surface area contributed by atoms with Crippen molar-refractivity contribution in [1.29, 1.82) is 0 Å². The van der Waals surface area contributed by atoms with Crippen LogP contribution >= 0.6 is 0 Å². The number of aromatic nitrogens is 1. The normalized spacial score (nSPS) is 10.7. The van der Waals surface area contributed by atoms with Crippen molar-refractivity contribution < 1.29 is 19.4 Å². The molecule has 0 fully saturated rings. The van der Waals surface area contributed by atoms with Crippen molar-refractivity contribution in [3.63, 3.8) is 0 Å². The van der Waals surface area contributed by atoms with E-state index in [0.717, 1.165) is 5.69 Å².